The van der Waals surface area contributed by atoms with Crippen LogP contribution in [-0.4, -0.2) is 51.9 Å². The van der Waals surface area contributed by atoms with E-state index in [1.165, 1.54) is 12.8 Å². The first-order chi connectivity index (χ1) is 16.3. The van der Waals surface area contributed by atoms with Gasteiger partial charge in [0.2, 0.25) is 5.88 Å². The number of amides is 1. The molecule has 33 heavy (non-hydrogen) atoms. The van der Waals surface area contributed by atoms with Crippen LogP contribution >= 0.6 is 0 Å². The summed E-state index contributed by atoms with van der Waals surface area (Å²) in [5, 5.41) is 0. The number of nitrogens with zero attached hydrogens (tertiary/aromatic N) is 4. The van der Waals surface area contributed by atoms with E-state index in [-0.39, 0.29) is 11.8 Å². The lowest BCUT2D eigenvalue weighted by Gasteiger charge is -2.33. The zero-order valence-corrected chi connectivity index (χ0v) is 18.9. The second-order valence-electron chi connectivity index (χ2n) is 8.89. The summed E-state index contributed by atoms with van der Waals surface area (Å²) in [5.41, 5.74) is 2.77. The second kappa shape index (κ2) is 10.1. The van der Waals surface area contributed by atoms with E-state index in [0.29, 0.717) is 12.4 Å². The van der Waals surface area contributed by atoms with Gasteiger partial charge in [-0.2, -0.15) is 0 Å². The van der Waals surface area contributed by atoms with Crippen LogP contribution in [0, 0.1) is 0 Å². The number of para-hydroxylation sites is 1. The normalized spacial score (nSPS) is 18.9. The Hall–Kier alpha value is -3.25. The maximum absolute atomic E-state index is 13.6. The van der Waals surface area contributed by atoms with Gasteiger partial charge in [-0.05, 0) is 62.5 Å². The molecule has 6 heteroatoms. The van der Waals surface area contributed by atoms with Crippen LogP contribution in [0.1, 0.15) is 53.2 Å². The van der Waals surface area contributed by atoms with Gasteiger partial charge in [-0.15, -0.1) is 0 Å². The first-order valence-corrected chi connectivity index (χ1v) is 11.9. The molecule has 2 aliphatic heterocycles. The van der Waals surface area contributed by atoms with E-state index in [0.717, 1.165) is 61.6 Å². The molecule has 1 aromatic heterocycles. The summed E-state index contributed by atoms with van der Waals surface area (Å²) < 4.78 is 6.05. The fourth-order valence-electron chi connectivity index (χ4n) is 4.90. The number of hydrogen-bond acceptors (Lipinski definition) is 5. The van der Waals surface area contributed by atoms with Gasteiger partial charge in [0, 0.05) is 43.5 Å². The minimum absolute atomic E-state index is 0.0980. The molecule has 3 aromatic rings. The Morgan fingerprint density at radius 1 is 0.909 bits per heavy atom. The summed E-state index contributed by atoms with van der Waals surface area (Å²) in [6.45, 7) is 4.47. The van der Waals surface area contributed by atoms with Crippen LogP contribution in [0.25, 0.3) is 0 Å². The minimum atomic E-state index is 0.0980. The van der Waals surface area contributed by atoms with Crippen LogP contribution in [0.4, 0.5) is 0 Å². The molecule has 0 radical (unpaired) electrons. The number of carbonyl (C=O) groups excluding carboxylic acids is 1. The zero-order chi connectivity index (χ0) is 22.5. The number of aromatic nitrogens is 2. The molecule has 2 aromatic carbocycles. The average Bonchev–Trinajstić information content (AvgIpc) is 3.38. The van der Waals surface area contributed by atoms with Gasteiger partial charge in [0.05, 0.1) is 0 Å². The van der Waals surface area contributed by atoms with E-state index in [4.69, 9.17) is 4.74 Å². The van der Waals surface area contributed by atoms with Crippen molar-refractivity contribution < 1.29 is 9.53 Å². The van der Waals surface area contributed by atoms with Crippen molar-refractivity contribution in [2.45, 2.75) is 38.1 Å². The SMILES string of the molecule is O=C(c1ccccc1CN1CCCC1)N1CCC[C@H](c2nccnc2Oc2ccccc2)C1. The molecular weight excluding hydrogens is 412 g/mol. The van der Waals surface area contributed by atoms with Crippen LogP contribution < -0.4 is 4.74 Å². The maximum atomic E-state index is 13.6. The van der Waals surface area contributed by atoms with Crippen molar-refractivity contribution in [3.8, 4) is 11.6 Å². The van der Waals surface area contributed by atoms with Crippen LogP contribution in [0.3, 0.4) is 0 Å². The Morgan fingerprint density at radius 3 is 2.52 bits per heavy atom. The van der Waals surface area contributed by atoms with Gasteiger partial charge in [-0.1, -0.05) is 36.4 Å². The molecule has 2 saturated heterocycles. The predicted molar refractivity (Wildman–Crippen MR) is 127 cm³/mol. The maximum Gasteiger partial charge on any atom is 0.254 e. The summed E-state index contributed by atoms with van der Waals surface area (Å²) >= 11 is 0. The molecule has 0 unspecified atom stereocenters. The number of piperidine rings is 1. The summed E-state index contributed by atoms with van der Waals surface area (Å²) in [4.78, 5) is 27.1. The van der Waals surface area contributed by atoms with Crippen molar-refractivity contribution in [1.82, 2.24) is 19.8 Å². The lowest BCUT2D eigenvalue weighted by Crippen LogP contribution is -2.40. The third-order valence-corrected chi connectivity index (χ3v) is 6.58. The highest BCUT2D eigenvalue weighted by atomic mass is 16.5. The monoisotopic (exact) mass is 442 g/mol. The molecule has 0 spiro atoms. The highest BCUT2D eigenvalue weighted by Crippen LogP contribution is 2.33. The predicted octanol–water partition coefficient (Wildman–Crippen LogP) is 4.88. The van der Waals surface area contributed by atoms with Crippen LogP contribution in [0.15, 0.2) is 67.0 Å². The zero-order valence-electron chi connectivity index (χ0n) is 18.9. The first kappa shape index (κ1) is 21.6. The molecule has 6 nitrogen and oxygen atoms in total. The third-order valence-electron chi connectivity index (χ3n) is 6.58. The molecule has 0 aliphatic carbocycles. The van der Waals surface area contributed by atoms with Gasteiger partial charge in [0.25, 0.3) is 5.91 Å². The Morgan fingerprint density at radius 2 is 1.67 bits per heavy atom. The van der Waals surface area contributed by atoms with Crippen molar-refractivity contribution in [2.24, 2.45) is 0 Å². The van der Waals surface area contributed by atoms with Crippen LogP contribution in [-0.2, 0) is 6.54 Å². The number of likely N-dealkylation sites (tertiary alicyclic amines) is 2. The first-order valence-electron chi connectivity index (χ1n) is 11.9. The molecule has 3 heterocycles. The minimum Gasteiger partial charge on any atom is -0.437 e. The third kappa shape index (κ3) is 5.06. The van der Waals surface area contributed by atoms with Crippen molar-refractivity contribution in [3.63, 3.8) is 0 Å². The topological polar surface area (TPSA) is 58.6 Å². The van der Waals surface area contributed by atoms with Crippen molar-refractivity contribution in [3.05, 3.63) is 83.8 Å². The van der Waals surface area contributed by atoms with Crippen molar-refractivity contribution in [1.29, 1.82) is 0 Å². The molecule has 2 fully saturated rings. The number of benzene rings is 2. The fraction of sp³-hybridized carbons (Fsp3) is 0.370. The van der Waals surface area contributed by atoms with Gasteiger partial charge in [-0.25, -0.2) is 4.98 Å². The Labute approximate surface area is 195 Å². The highest BCUT2D eigenvalue weighted by Gasteiger charge is 2.30. The van der Waals surface area contributed by atoms with Crippen LogP contribution in [0.5, 0.6) is 11.6 Å². The summed E-state index contributed by atoms with van der Waals surface area (Å²) in [6, 6.07) is 17.7. The Kier molecular flexibility index (Phi) is 6.63. The fourth-order valence-corrected chi connectivity index (χ4v) is 4.90. The smallest absolute Gasteiger partial charge is 0.254 e. The number of carbonyl (C=O) groups is 1. The van der Waals surface area contributed by atoms with Gasteiger partial charge in [0.1, 0.15) is 11.4 Å². The Balaban J connectivity index is 1.33. The number of hydrogen-bond donors (Lipinski definition) is 0. The summed E-state index contributed by atoms with van der Waals surface area (Å²) in [7, 11) is 0. The second-order valence-corrected chi connectivity index (χ2v) is 8.89. The van der Waals surface area contributed by atoms with E-state index in [2.05, 4.69) is 20.9 Å². The number of ether oxygens (including phenoxy) is 1. The largest absolute Gasteiger partial charge is 0.437 e. The van der Waals surface area contributed by atoms with E-state index >= 15 is 0 Å². The van der Waals surface area contributed by atoms with E-state index < -0.39 is 0 Å². The Bertz CT molecular complexity index is 1080. The molecule has 1 atom stereocenters. The van der Waals surface area contributed by atoms with Crippen LogP contribution in [0.2, 0.25) is 0 Å². The van der Waals surface area contributed by atoms with Gasteiger partial charge < -0.3 is 9.64 Å². The molecule has 0 bridgehead atoms. The van der Waals surface area contributed by atoms with E-state index in [9.17, 15) is 4.79 Å². The highest BCUT2D eigenvalue weighted by molar-refractivity contribution is 5.95. The molecular formula is C27H30N4O2. The van der Waals surface area contributed by atoms with Gasteiger partial charge in [-0.3, -0.25) is 14.7 Å². The molecule has 0 N–H and O–H groups in total. The lowest BCUT2D eigenvalue weighted by molar-refractivity contribution is 0.0702. The quantitative estimate of drug-likeness (QED) is 0.544. The van der Waals surface area contributed by atoms with Gasteiger partial charge >= 0.3 is 0 Å². The summed E-state index contributed by atoms with van der Waals surface area (Å²) in [6.07, 6.45) is 7.75. The molecule has 170 valence electrons. The molecule has 5 rings (SSSR count). The molecule has 0 saturated carbocycles. The molecule has 1 amide bonds. The summed E-state index contributed by atoms with van der Waals surface area (Å²) in [5.74, 6) is 1.47. The number of rotatable bonds is 6. The molecule has 2 aliphatic rings. The lowest BCUT2D eigenvalue weighted by atomic mass is 9.93. The van der Waals surface area contributed by atoms with Gasteiger partial charge in [0.15, 0.2) is 0 Å². The standard InChI is InChI=1S/C27H30N4O2/c32-27(24-13-5-4-9-21(24)19-30-16-6-7-17-30)31-18-8-10-22(20-31)25-26(29-15-14-28-25)33-23-11-2-1-3-12-23/h1-5,9,11-15,22H,6-8,10,16-20H2/t22-/m0/s1. The van der Waals surface area contributed by atoms with Crippen molar-refractivity contribution in [2.75, 3.05) is 26.2 Å². The average molecular weight is 443 g/mol. The van der Waals surface area contributed by atoms with E-state index in [1.807, 2.05) is 53.4 Å². The van der Waals surface area contributed by atoms with E-state index in [1.54, 1.807) is 12.4 Å². The van der Waals surface area contributed by atoms with Crippen molar-refractivity contribution >= 4 is 5.91 Å².